The zero-order chi connectivity index (χ0) is 19.6. The molecule has 27 heavy (non-hydrogen) atoms. The summed E-state index contributed by atoms with van der Waals surface area (Å²) in [7, 11) is -3.31. The van der Waals surface area contributed by atoms with Crippen LogP contribution in [0.4, 0.5) is 4.39 Å². The lowest BCUT2D eigenvalue weighted by atomic mass is 10.1. The van der Waals surface area contributed by atoms with Crippen LogP contribution in [0, 0.1) is 5.82 Å². The maximum absolute atomic E-state index is 13.2. The number of carboxylic acids is 1. The Kier molecular flexibility index (Phi) is 5.09. The number of carboxylic acid groups (broad SMARTS) is 1. The topological polar surface area (TPSA) is 89.3 Å². The van der Waals surface area contributed by atoms with Crippen molar-refractivity contribution in [2.75, 3.05) is 6.26 Å². The summed E-state index contributed by atoms with van der Waals surface area (Å²) >= 11 is 0. The predicted molar refractivity (Wildman–Crippen MR) is 98.0 cm³/mol. The number of hydrogen-bond acceptors (Lipinski definition) is 4. The molecule has 0 aliphatic carbocycles. The van der Waals surface area contributed by atoms with Crippen LogP contribution in [0.25, 0.3) is 16.9 Å². The van der Waals surface area contributed by atoms with Crippen molar-refractivity contribution < 1.29 is 22.7 Å². The molecule has 1 heterocycles. The van der Waals surface area contributed by atoms with E-state index in [2.05, 4.69) is 5.10 Å². The predicted octanol–water partition coefficient (Wildman–Crippen LogP) is 3.10. The zero-order valence-electron chi connectivity index (χ0n) is 14.5. The van der Waals surface area contributed by atoms with Crippen LogP contribution in [0.1, 0.15) is 12.1 Å². The van der Waals surface area contributed by atoms with Crippen LogP contribution < -0.4 is 0 Å². The summed E-state index contributed by atoms with van der Waals surface area (Å²) < 4.78 is 38.1. The lowest BCUT2D eigenvalue weighted by Gasteiger charge is -2.08. The van der Waals surface area contributed by atoms with Crippen LogP contribution in [0.3, 0.4) is 0 Å². The number of aryl methyl sites for hydroxylation is 1. The minimum Gasteiger partial charge on any atom is -0.481 e. The lowest BCUT2D eigenvalue weighted by Crippen LogP contribution is -2.02. The molecule has 1 aromatic heterocycles. The molecule has 8 heteroatoms. The molecule has 0 amide bonds. The van der Waals surface area contributed by atoms with E-state index in [4.69, 9.17) is 5.11 Å². The molecule has 0 radical (unpaired) electrons. The van der Waals surface area contributed by atoms with Crippen LogP contribution in [0.2, 0.25) is 0 Å². The van der Waals surface area contributed by atoms with Gasteiger partial charge in [-0.3, -0.25) is 4.79 Å². The third-order valence-corrected chi connectivity index (χ3v) is 5.13. The second kappa shape index (κ2) is 7.32. The monoisotopic (exact) mass is 388 g/mol. The average Bonchev–Trinajstić information content (AvgIpc) is 3.04. The molecule has 0 aliphatic rings. The molecule has 0 atom stereocenters. The number of rotatable bonds is 6. The van der Waals surface area contributed by atoms with Crippen molar-refractivity contribution in [3.63, 3.8) is 0 Å². The van der Waals surface area contributed by atoms with Gasteiger partial charge < -0.3 is 5.11 Å². The molecular weight excluding hydrogens is 371 g/mol. The minimum atomic E-state index is -3.31. The van der Waals surface area contributed by atoms with Crippen molar-refractivity contribution >= 4 is 15.8 Å². The van der Waals surface area contributed by atoms with Crippen molar-refractivity contribution in [2.24, 2.45) is 0 Å². The Labute approximate surface area is 155 Å². The number of halogens is 1. The van der Waals surface area contributed by atoms with Crippen molar-refractivity contribution in [1.82, 2.24) is 9.78 Å². The first-order valence-corrected chi connectivity index (χ1v) is 10.0. The minimum absolute atomic E-state index is 0.0626. The van der Waals surface area contributed by atoms with Gasteiger partial charge in [-0.1, -0.05) is 12.1 Å². The van der Waals surface area contributed by atoms with Crippen LogP contribution in [0.5, 0.6) is 0 Å². The number of nitrogens with zero attached hydrogens (tertiary/aromatic N) is 2. The average molecular weight is 388 g/mol. The van der Waals surface area contributed by atoms with Gasteiger partial charge in [-0.15, -0.1) is 0 Å². The van der Waals surface area contributed by atoms with Gasteiger partial charge in [0, 0.05) is 18.2 Å². The van der Waals surface area contributed by atoms with E-state index < -0.39 is 15.8 Å². The summed E-state index contributed by atoms with van der Waals surface area (Å²) in [5, 5.41) is 13.3. The Hall–Kier alpha value is -3.00. The second-order valence-corrected chi connectivity index (χ2v) is 8.12. The van der Waals surface area contributed by atoms with Crippen LogP contribution in [-0.4, -0.2) is 35.5 Å². The highest BCUT2D eigenvalue weighted by molar-refractivity contribution is 7.90. The highest BCUT2D eigenvalue weighted by Gasteiger charge is 2.14. The fourth-order valence-electron chi connectivity index (χ4n) is 2.64. The normalized spacial score (nSPS) is 11.5. The highest BCUT2D eigenvalue weighted by atomic mass is 32.2. The molecule has 0 aliphatic heterocycles. The summed E-state index contributed by atoms with van der Waals surface area (Å²) in [6.07, 6.45) is 1.32. The van der Waals surface area contributed by atoms with Crippen molar-refractivity contribution in [3.05, 3.63) is 66.1 Å². The molecule has 0 saturated heterocycles. The molecule has 0 spiro atoms. The van der Waals surface area contributed by atoms with E-state index in [1.54, 1.807) is 35.0 Å². The van der Waals surface area contributed by atoms with E-state index in [0.29, 0.717) is 22.6 Å². The first kappa shape index (κ1) is 18.8. The Morgan fingerprint density at radius 1 is 1.11 bits per heavy atom. The van der Waals surface area contributed by atoms with Gasteiger partial charge in [-0.05, 0) is 42.5 Å². The van der Waals surface area contributed by atoms with Crippen LogP contribution >= 0.6 is 0 Å². The smallest absolute Gasteiger partial charge is 0.303 e. The van der Waals surface area contributed by atoms with E-state index >= 15 is 0 Å². The van der Waals surface area contributed by atoms with Gasteiger partial charge >= 0.3 is 5.97 Å². The number of aromatic nitrogens is 2. The van der Waals surface area contributed by atoms with Gasteiger partial charge in [0.2, 0.25) is 0 Å². The molecule has 0 saturated carbocycles. The number of hydrogen-bond donors (Lipinski definition) is 1. The van der Waals surface area contributed by atoms with Crippen LogP contribution in [-0.2, 0) is 21.1 Å². The molecule has 1 N–H and O–H groups in total. The standard InChI is InChI=1S/C19H17FN2O4S/c1-27(25,26)17-9-2-13(3-10-17)18-12-15(6-11-19(23)24)21-22(18)16-7-4-14(20)5-8-16/h2-5,7-10,12H,6,11H2,1H3,(H,23,24). The lowest BCUT2D eigenvalue weighted by molar-refractivity contribution is -0.136. The van der Waals surface area contributed by atoms with Gasteiger partial charge in [0.25, 0.3) is 0 Å². The Morgan fingerprint density at radius 3 is 2.30 bits per heavy atom. The molecule has 6 nitrogen and oxygen atoms in total. The SMILES string of the molecule is CS(=O)(=O)c1ccc(-c2cc(CCC(=O)O)nn2-c2ccc(F)cc2)cc1. The molecule has 0 bridgehead atoms. The fraction of sp³-hybridized carbons (Fsp3) is 0.158. The van der Waals surface area contributed by atoms with E-state index in [1.807, 2.05) is 0 Å². The Balaban J connectivity index is 2.06. The molecule has 0 unspecified atom stereocenters. The number of benzene rings is 2. The summed E-state index contributed by atoms with van der Waals surface area (Å²) in [5.74, 6) is -1.30. The number of aliphatic carboxylic acids is 1. The largest absolute Gasteiger partial charge is 0.481 e. The fourth-order valence-corrected chi connectivity index (χ4v) is 3.28. The highest BCUT2D eigenvalue weighted by Crippen LogP contribution is 2.26. The molecule has 3 rings (SSSR count). The second-order valence-electron chi connectivity index (χ2n) is 6.10. The van der Waals surface area contributed by atoms with E-state index in [-0.39, 0.29) is 23.6 Å². The van der Waals surface area contributed by atoms with Gasteiger partial charge in [0.05, 0.1) is 28.4 Å². The zero-order valence-corrected chi connectivity index (χ0v) is 15.3. The summed E-state index contributed by atoms with van der Waals surface area (Å²) in [6, 6.07) is 13.8. The first-order valence-electron chi connectivity index (χ1n) is 8.11. The summed E-state index contributed by atoms with van der Waals surface area (Å²) in [5.41, 5.74) is 2.55. The molecule has 0 fully saturated rings. The maximum Gasteiger partial charge on any atom is 0.303 e. The number of sulfone groups is 1. The van der Waals surface area contributed by atoms with Crippen molar-refractivity contribution in [3.8, 4) is 16.9 Å². The van der Waals surface area contributed by atoms with Crippen molar-refractivity contribution in [1.29, 1.82) is 0 Å². The number of carbonyl (C=O) groups is 1. The van der Waals surface area contributed by atoms with Gasteiger partial charge in [0.15, 0.2) is 9.84 Å². The molecule has 2 aromatic carbocycles. The third kappa shape index (κ3) is 4.40. The van der Waals surface area contributed by atoms with E-state index in [1.165, 1.54) is 24.3 Å². The van der Waals surface area contributed by atoms with E-state index in [9.17, 15) is 17.6 Å². The third-order valence-electron chi connectivity index (χ3n) is 4.00. The molecular formula is C19H17FN2O4S. The first-order chi connectivity index (χ1) is 12.7. The van der Waals surface area contributed by atoms with Gasteiger partial charge in [-0.2, -0.15) is 5.10 Å². The summed E-state index contributed by atoms with van der Waals surface area (Å²) in [4.78, 5) is 11.0. The maximum atomic E-state index is 13.2. The van der Waals surface area contributed by atoms with E-state index in [0.717, 1.165) is 6.26 Å². The van der Waals surface area contributed by atoms with Gasteiger partial charge in [0.1, 0.15) is 5.82 Å². The summed E-state index contributed by atoms with van der Waals surface area (Å²) in [6.45, 7) is 0. The molecule has 140 valence electrons. The molecule has 3 aromatic rings. The Morgan fingerprint density at radius 2 is 1.74 bits per heavy atom. The van der Waals surface area contributed by atoms with Crippen LogP contribution in [0.15, 0.2) is 59.5 Å². The van der Waals surface area contributed by atoms with Crippen molar-refractivity contribution in [2.45, 2.75) is 17.7 Å². The Bertz CT molecular complexity index is 1070. The quantitative estimate of drug-likeness (QED) is 0.701. The van der Waals surface area contributed by atoms with Gasteiger partial charge in [-0.25, -0.2) is 17.5 Å².